The molecule has 1 atom stereocenters. The van der Waals surface area contributed by atoms with E-state index in [1.807, 2.05) is 35.2 Å². The second-order valence-electron chi connectivity index (χ2n) is 5.88. The molecular weight excluding hydrogens is 310 g/mol. The minimum Gasteiger partial charge on any atom is -0.388 e. The molecular formula is C16H19N5O3. The first kappa shape index (κ1) is 16.1. The molecule has 3 rings (SSSR count). The number of nitrogen functional groups attached to an aromatic ring is 1. The van der Waals surface area contributed by atoms with Gasteiger partial charge in [0, 0.05) is 13.1 Å². The summed E-state index contributed by atoms with van der Waals surface area (Å²) in [5.41, 5.74) is 6.26. The van der Waals surface area contributed by atoms with Crippen molar-refractivity contribution in [2.45, 2.75) is 18.9 Å². The Morgan fingerprint density at radius 2 is 1.96 bits per heavy atom. The third-order valence-electron chi connectivity index (χ3n) is 4.39. The summed E-state index contributed by atoms with van der Waals surface area (Å²) in [5, 5.41) is 21.3. The lowest BCUT2D eigenvalue weighted by Gasteiger charge is -2.34. The predicted octanol–water partition coefficient (Wildman–Crippen LogP) is 1.92. The zero-order chi connectivity index (χ0) is 17.1. The van der Waals surface area contributed by atoms with E-state index in [1.165, 1.54) is 0 Å². The maximum absolute atomic E-state index is 10.8. The molecule has 0 amide bonds. The number of hydrogen-bond donors (Lipinski definition) is 2. The van der Waals surface area contributed by atoms with Gasteiger partial charge in [-0.25, -0.2) is 4.98 Å². The summed E-state index contributed by atoms with van der Waals surface area (Å²) in [6, 6.07) is 9.62. The van der Waals surface area contributed by atoms with Crippen LogP contribution in [0.1, 0.15) is 24.5 Å². The van der Waals surface area contributed by atoms with Crippen molar-refractivity contribution >= 4 is 17.5 Å². The Morgan fingerprint density at radius 1 is 1.29 bits per heavy atom. The fourth-order valence-corrected chi connectivity index (χ4v) is 3.01. The van der Waals surface area contributed by atoms with Gasteiger partial charge in [0.1, 0.15) is 6.20 Å². The smallest absolute Gasteiger partial charge is 0.329 e. The average Bonchev–Trinajstić information content (AvgIpc) is 2.61. The second kappa shape index (κ2) is 6.79. The van der Waals surface area contributed by atoms with Crippen molar-refractivity contribution < 1.29 is 10.0 Å². The third kappa shape index (κ3) is 3.28. The summed E-state index contributed by atoms with van der Waals surface area (Å²) in [7, 11) is 0. The van der Waals surface area contributed by atoms with E-state index in [2.05, 4.69) is 9.97 Å². The molecule has 1 aliphatic heterocycles. The van der Waals surface area contributed by atoms with Crippen molar-refractivity contribution in [1.29, 1.82) is 0 Å². The highest BCUT2D eigenvalue weighted by molar-refractivity contribution is 5.53. The fourth-order valence-electron chi connectivity index (χ4n) is 3.01. The summed E-state index contributed by atoms with van der Waals surface area (Å²) < 4.78 is 0. The molecule has 0 saturated carbocycles. The van der Waals surface area contributed by atoms with E-state index in [-0.39, 0.29) is 17.4 Å². The number of hydrogen-bond acceptors (Lipinski definition) is 7. The van der Waals surface area contributed by atoms with E-state index in [4.69, 9.17) is 5.73 Å². The Labute approximate surface area is 139 Å². The standard InChI is InChI=1S/C16H19N5O3/c17-15-13(21(23)24)10-18-16(19-15)20-8-6-12(7-9-20)14(22)11-4-2-1-3-5-11/h1-5,10,12,14,22H,6-9H2,(H2,17,18,19)/t14-/m1/s1. The average molecular weight is 329 g/mol. The lowest BCUT2D eigenvalue weighted by molar-refractivity contribution is -0.384. The zero-order valence-corrected chi connectivity index (χ0v) is 13.1. The van der Waals surface area contributed by atoms with Crippen molar-refractivity contribution in [2.24, 2.45) is 5.92 Å². The summed E-state index contributed by atoms with van der Waals surface area (Å²) in [6.07, 6.45) is 2.23. The van der Waals surface area contributed by atoms with Gasteiger partial charge in [-0.3, -0.25) is 10.1 Å². The normalized spacial score (nSPS) is 16.8. The van der Waals surface area contributed by atoms with E-state index < -0.39 is 11.0 Å². The van der Waals surface area contributed by atoms with Crippen LogP contribution in [0.5, 0.6) is 0 Å². The maximum Gasteiger partial charge on any atom is 0.329 e. The van der Waals surface area contributed by atoms with Crippen LogP contribution in [0.15, 0.2) is 36.5 Å². The molecule has 1 fully saturated rings. The molecule has 2 heterocycles. The van der Waals surface area contributed by atoms with Gasteiger partial charge in [0.25, 0.3) is 0 Å². The van der Waals surface area contributed by atoms with Crippen LogP contribution in [-0.4, -0.2) is 33.1 Å². The number of aliphatic hydroxyl groups is 1. The molecule has 0 spiro atoms. The number of nitrogens with two attached hydrogens (primary N) is 1. The third-order valence-corrected chi connectivity index (χ3v) is 4.39. The van der Waals surface area contributed by atoms with E-state index in [0.717, 1.165) is 24.6 Å². The molecule has 0 unspecified atom stereocenters. The van der Waals surface area contributed by atoms with Crippen molar-refractivity contribution in [1.82, 2.24) is 9.97 Å². The molecule has 1 aromatic heterocycles. The van der Waals surface area contributed by atoms with Crippen LogP contribution in [0.25, 0.3) is 0 Å². The number of aromatic nitrogens is 2. The van der Waals surface area contributed by atoms with Gasteiger partial charge < -0.3 is 15.7 Å². The van der Waals surface area contributed by atoms with Gasteiger partial charge in [-0.05, 0) is 24.3 Å². The van der Waals surface area contributed by atoms with E-state index >= 15 is 0 Å². The van der Waals surface area contributed by atoms with Crippen LogP contribution >= 0.6 is 0 Å². The van der Waals surface area contributed by atoms with Crippen molar-refractivity contribution in [2.75, 3.05) is 23.7 Å². The second-order valence-corrected chi connectivity index (χ2v) is 5.88. The maximum atomic E-state index is 10.8. The largest absolute Gasteiger partial charge is 0.388 e. The highest BCUT2D eigenvalue weighted by atomic mass is 16.6. The number of anilines is 2. The quantitative estimate of drug-likeness (QED) is 0.649. The van der Waals surface area contributed by atoms with E-state index in [9.17, 15) is 15.2 Å². The Hall–Kier alpha value is -2.74. The molecule has 126 valence electrons. The van der Waals surface area contributed by atoms with Gasteiger partial charge in [-0.2, -0.15) is 4.98 Å². The van der Waals surface area contributed by atoms with Crippen molar-refractivity contribution in [3.05, 3.63) is 52.2 Å². The number of piperidine rings is 1. The molecule has 2 aromatic rings. The molecule has 8 nitrogen and oxygen atoms in total. The molecule has 8 heteroatoms. The minimum atomic E-state index is -0.596. The lowest BCUT2D eigenvalue weighted by Crippen LogP contribution is -2.36. The van der Waals surface area contributed by atoms with Crippen molar-refractivity contribution in [3.63, 3.8) is 0 Å². The first-order chi connectivity index (χ1) is 11.6. The molecule has 1 aliphatic rings. The van der Waals surface area contributed by atoms with Crippen LogP contribution in [0.4, 0.5) is 17.5 Å². The number of benzene rings is 1. The molecule has 1 saturated heterocycles. The van der Waals surface area contributed by atoms with Gasteiger partial charge in [-0.1, -0.05) is 30.3 Å². The number of aliphatic hydroxyl groups excluding tert-OH is 1. The summed E-state index contributed by atoms with van der Waals surface area (Å²) in [4.78, 5) is 20.2. The molecule has 1 aromatic carbocycles. The first-order valence-corrected chi connectivity index (χ1v) is 7.81. The van der Waals surface area contributed by atoms with Gasteiger partial charge in [0.2, 0.25) is 11.8 Å². The Balaban J connectivity index is 1.65. The molecule has 0 bridgehead atoms. The minimum absolute atomic E-state index is 0.128. The summed E-state index contributed by atoms with van der Waals surface area (Å²) in [5.74, 6) is 0.432. The highest BCUT2D eigenvalue weighted by Crippen LogP contribution is 2.32. The van der Waals surface area contributed by atoms with Crippen LogP contribution in [0, 0.1) is 16.0 Å². The summed E-state index contributed by atoms with van der Waals surface area (Å²) in [6.45, 7) is 1.34. The number of nitro groups is 1. The van der Waals surface area contributed by atoms with Gasteiger partial charge in [0.05, 0.1) is 11.0 Å². The fraction of sp³-hybridized carbons (Fsp3) is 0.375. The van der Waals surface area contributed by atoms with Gasteiger partial charge in [0.15, 0.2) is 0 Å². The van der Waals surface area contributed by atoms with Gasteiger partial charge >= 0.3 is 5.69 Å². The SMILES string of the molecule is Nc1nc(N2CCC([C@H](O)c3ccccc3)CC2)ncc1[N+](=O)[O-]. The van der Waals surface area contributed by atoms with Crippen LogP contribution in [-0.2, 0) is 0 Å². The topological polar surface area (TPSA) is 118 Å². The van der Waals surface area contributed by atoms with Crippen LogP contribution in [0.3, 0.4) is 0 Å². The Kier molecular flexibility index (Phi) is 4.57. The van der Waals surface area contributed by atoms with Gasteiger partial charge in [-0.15, -0.1) is 0 Å². The molecule has 0 aliphatic carbocycles. The molecule has 0 radical (unpaired) electrons. The van der Waals surface area contributed by atoms with Crippen molar-refractivity contribution in [3.8, 4) is 0 Å². The number of rotatable bonds is 4. The number of nitrogens with zero attached hydrogens (tertiary/aromatic N) is 4. The zero-order valence-electron chi connectivity index (χ0n) is 13.1. The molecule has 24 heavy (non-hydrogen) atoms. The van der Waals surface area contributed by atoms with Crippen LogP contribution < -0.4 is 10.6 Å². The lowest BCUT2D eigenvalue weighted by atomic mass is 9.87. The van der Waals surface area contributed by atoms with E-state index in [0.29, 0.717) is 19.0 Å². The highest BCUT2D eigenvalue weighted by Gasteiger charge is 2.28. The van der Waals surface area contributed by atoms with E-state index in [1.54, 1.807) is 0 Å². The summed E-state index contributed by atoms with van der Waals surface area (Å²) >= 11 is 0. The van der Waals surface area contributed by atoms with Crippen LogP contribution in [0.2, 0.25) is 0 Å². The first-order valence-electron chi connectivity index (χ1n) is 7.81. The Bertz CT molecular complexity index is 717. The molecule has 3 N–H and O–H groups in total. The predicted molar refractivity (Wildman–Crippen MR) is 89.4 cm³/mol. The monoisotopic (exact) mass is 329 g/mol. The Morgan fingerprint density at radius 3 is 2.54 bits per heavy atom.